The molecule has 2 atom stereocenters. The predicted octanol–water partition coefficient (Wildman–Crippen LogP) is -8.20. The van der Waals surface area contributed by atoms with Crippen LogP contribution in [0.3, 0.4) is 0 Å². The Balaban J connectivity index is 0.00000576. The zero-order chi connectivity index (χ0) is 34.6. The van der Waals surface area contributed by atoms with Crippen molar-refractivity contribution in [2.24, 2.45) is 5.16 Å². The minimum absolute atomic E-state index is 0. The minimum Gasteiger partial charge on any atom is -0.731 e. The van der Waals surface area contributed by atoms with Gasteiger partial charge >= 0.3 is 71.1 Å². The fourth-order valence-corrected chi connectivity index (χ4v) is 5.25. The number of nitrogens with one attached hydrogen (secondary N) is 3. The second-order valence-electron chi connectivity index (χ2n) is 9.49. The van der Waals surface area contributed by atoms with E-state index >= 15 is 0 Å². The number of nitrogens with two attached hydrogens (primary N) is 1. The van der Waals surface area contributed by atoms with Gasteiger partial charge in [-0.25, -0.2) is 40.4 Å². The standard InChI is InChI=1S/C21H24N8O14S3.2Na/c1-21(2,18(32)42-8-10-3-5-11(6-4-10)29(34)35)43-26-14(12-9-44-19(22)24-12)16(30)25-15-13(28(17(15)31)46(39,40)41)7-23-20(33)27-45(36,37)38;;/h3-6,9,13,15H,7-8H2,1-2H3,(H2,22,24)(H,25,30)(H2,23,27,33)(H,36,37,38)(H,39,40,41);;/q;2*+1/p-2/b26-14-;;/t13-,15+;;/m0../s1. The molecule has 2 heterocycles. The number of non-ortho nitro benzene ring substituents is 1. The number of hydrogen-bond donors (Lipinski definition) is 4. The molecule has 2 aromatic rings. The topological polar surface area (TPSA) is 335 Å². The molecule has 0 aliphatic carbocycles. The molecule has 1 aliphatic heterocycles. The smallest absolute Gasteiger partial charge is 0.731 e. The van der Waals surface area contributed by atoms with Gasteiger partial charge in [0.05, 0.1) is 11.0 Å². The number of urea groups is 1. The first kappa shape index (κ1) is 43.0. The number of hydrogen-bond acceptors (Lipinski definition) is 18. The van der Waals surface area contributed by atoms with E-state index in [9.17, 15) is 55.2 Å². The number of benzene rings is 1. The molecule has 0 bridgehead atoms. The third-order valence-corrected chi connectivity index (χ3v) is 7.78. The Bertz CT molecular complexity index is 1800. The number of rotatable bonds is 13. The van der Waals surface area contributed by atoms with Gasteiger partial charge in [-0.1, -0.05) is 5.16 Å². The Hall–Kier alpha value is -2.98. The number of β-lactam (4-membered cyclic amide) rings is 1. The van der Waals surface area contributed by atoms with Crippen LogP contribution in [0.2, 0.25) is 0 Å². The Morgan fingerprint density at radius 3 is 2.25 bits per heavy atom. The second kappa shape index (κ2) is 17.1. The van der Waals surface area contributed by atoms with E-state index in [4.69, 9.17) is 15.3 Å². The number of amides is 4. The van der Waals surface area contributed by atoms with Crippen LogP contribution >= 0.6 is 11.3 Å². The summed E-state index contributed by atoms with van der Waals surface area (Å²) in [5.74, 6) is -3.71. The molecule has 1 aromatic heterocycles. The maximum absolute atomic E-state index is 13.2. The number of ether oxygens (including phenoxy) is 1. The summed E-state index contributed by atoms with van der Waals surface area (Å²) >= 11 is 0.849. The molecule has 250 valence electrons. The van der Waals surface area contributed by atoms with Gasteiger partial charge in [0.15, 0.2) is 31.5 Å². The minimum atomic E-state index is -5.49. The molecule has 3 rings (SSSR count). The number of anilines is 1. The van der Waals surface area contributed by atoms with Crippen LogP contribution in [0, 0.1) is 10.1 Å². The van der Waals surface area contributed by atoms with Crippen LogP contribution in [-0.4, -0.2) is 93.9 Å². The number of carbonyl (C=O) groups excluding carboxylic acids is 4. The number of aromatic nitrogens is 1. The summed E-state index contributed by atoms with van der Waals surface area (Å²) in [5, 5.41) is 19.5. The monoisotopic (exact) mass is 752 g/mol. The number of nitro benzene ring substituents is 1. The maximum Gasteiger partial charge on any atom is 1.00 e. The molecule has 0 unspecified atom stereocenters. The van der Waals surface area contributed by atoms with Gasteiger partial charge in [0.1, 0.15) is 18.3 Å². The average molecular weight is 753 g/mol. The van der Waals surface area contributed by atoms with Crippen LogP contribution in [0.15, 0.2) is 34.8 Å². The van der Waals surface area contributed by atoms with Crippen LogP contribution in [0.5, 0.6) is 0 Å². The summed E-state index contributed by atoms with van der Waals surface area (Å²) in [6.07, 6.45) is 0. The van der Waals surface area contributed by atoms with Crippen LogP contribution in [0.4, 0.5) is 15.6 Å². The van der Waals surface area contributed by atoms with Crippen LogP contribution in [0.25, 0.3) is 0 Å². The molecule has 1 aromatic carbocycles. The molecule has 1 saturated heterocycles. The van der Waals surface area contributed by atoms with Crippen LogP contribution in [0.1, 0.15) is 25.1 Å². The SMILES string of the molecule is CC(C)(O/N=C(\C(=O)N[C@H]1C(=O)N(S(=O)(=O)[O-])[C@H]1CNC(=O)NS(=O)(=O)[O-])c1csc(N)n1)C(=O)OCc1ccc([N+](=O)[O-])cc1.[Na+].[Na+]. The Labute approximate surface area is 319 Å². The van der Waals surface area contributed by atoms with Gasteiger partial charge in [0, 0.05) is 24.1 Å². The van der Waals surface area contributed by atoms with Crippen molar-refractivity contribution in [1.29, 1.82) is 0 Å². The molecule has 1 fully saturated rings. The first-order valence-electron chi connectivity index (χ1n) is 12.2. The number of carbonyl (C=O) groups is 4. The van der Waals surface area contributed by atoms with E-state index in [0.717, 1.165) is 16.1 Å². The van der Waals surface area contributed by atoms with Crippen molar-refractivity contribution >= 4 is 72.3 Å². The molecule has 48 heavy (non-hydrogen) atoms. The number of oxime groups is 1. The largest absolute Gasteiger partial charge is 1.00 e. The Morgan fingerprint density at radius 1 is 1.15 bits per heavy atom. The fourth-order valence-electron chi connectivity index (χ4n) is 3.54. The zero-order valence-electron chi connectivity index (χ0n) is 25.3. The van der Waals surface area contributed by atoms with Crippen molar-refractivity contribution in [2.75, 3.05) is 12.3 Å². The molecule has 0 spiro atoms. The second-order valence-corrected chi connectivity index (χ2v) is 12.7. The van der Waals surface area contributed by atoms with Gasteiger partial charge in [0.2, 0.25) is 5.60 Å². The van der Waals surface area contributed by atoms with Gasteiger partial charge in [-0.05, 0) is 31.5 Å². The molecule has 4 amide bonds. The molecule has 1 aliphatic rings. The van der Waals surface area contributed by atoms with E-state index in [2.05, 4.69) is 15.5 Å². The van der Waals surface area contributed by atoms with Crippen molar-refractivity contribution in [3.8, 4) is 0 Å². The summed E-state index contributed by atoms with van der Waals surface area (Å²) < 4.78 is 72.7. The number of nitrogen functional groups attached to an aromatic ring is 1. The van der Waals surface area contributed by atoms with E-state index in [-0.39, 0.29) is 86.5 Å². The molecule has 0 radical (unpaired) electrons. The number of thiazole rings is 1. The first-order chi connectivity index (χ1) is 21.2. The van der Waals surface area contributed by atoms with Crippen molar-refractivity contribution in [2.45, 2.75) is 38.1 Å². The molecule has 22 nitrogen and oxygen atoms in total. The predicted molar refractivity (Wildman–Crippen MR) is 150 cm³/mol. The van der Waals surface area contributed by atoms with Gasteiger partial charge in [-0.3, -0.25) is 19.7 Å². The van der Waals surface area contributed by atoms with E-state index < -0.39 is 79.3 Å². The summed E-state index contributed by atoms with van der Waals surface area (Å²) in [4.78, 5) is 69.4. The van der Waals surface area contributed by atoms with E-state index in [1.165, 1.54) is 43.5 Å². The van der Waals surface area contributed by atoms with Gasteiger partial charge < -0.3 is 35.0 Å². The van der Waals surface area contributed by atoms with E-state index in [1.54, 1.807) is 5.32 Å². The van der Waals surface area contributed by atoms with Crippen molar-refractivity contribution in [3.05, 3.63) is 51.0 Å². The summed E-state index contributed by atoms with van der Waals surface area (Å²) in [6, 6.07) is -0.120. The third-order valence-electron chi connectivity index (χ3n) is 5.74. The summed E-state index contributed by atoms with van der Waals surface area (Å²) in [6.45, 7) is 1.17. The summed E-state index contributed by atoms with van der Waals surface area (Å²) in [5.41, 5.74) is 3.03. The normalized spacial score (nSPS) is 16.3. The maximum atomic E-state index is 13.2. The average Bonchev–Trinajstić information content (AvgIpc) is 3.36. The zero-order valence-corrected chi connectivity index (χ0v) is 31.7. The molecular weight excluding hydrogens is 730 g/mol. The van der Waals surface area contributed by atoms with Crippen molar-refractivity contribution in [1.82, 2.24) is 24.6 Å². The third kappa shape index (κ3) is 11.6. The van der Waals surface area contributed by atoms with Gasteiger partial charge in [-0.2, -0.15) is 0 Å². The molecular formula is C21H22N8Na2O14S3. The van der Waals surface area contributed by atoms with Crippen LogP contribution in [-0.2, 0) is 51.2 Å². The first-order valence-corrected chi connectivity index (χ1v) is 15.8. The van der Waals surface area contributed by atoms with E-state index in [0.29, 0.717) is 5.56 Å². The van der Waals surface area contributed by atoms with Crippen LogP contribution < -0.4 is 80.2 Å². The molecule has 0 saturated carbocycles. The number of esters is 1. The van der Waals surface area contributed by atoms with Gasteiger partial charge in [-0.15, -0.1) is 11.3 Å². The Kier molecular flexibility index (Phi) is 15.3. The Morgan fingerprint density at radius 2 is 1.75 bits per heavy atom. The van der Waals surface area contributed by atoms with Gasteiger partial charge in [0.25, 0.3) is 17.5 Å². The quantitative estimate of drug-likeness (QED) is 0.0281. The molecule has 27 heteroatoms. The van der Waals surface area contributed by atoms with Crippen molar-refractivity contribution < 1.29 is 119 Å². The van der Waals surface area contributed by atoms with E-state index in [1.807, 2.05) is 0 Å². The summed E-state index contributed by atoms with van der Waals surface area (Å²) in [7, 11) is -10.8. The van der Waals surface area contributed by atoms with Crippen molar-refractivity contribution in [3.63, 3.8) is 0 Å². The fraction of sp³-hybridized carbons (Fsp3) is 0.333. The number of nitrogens with zero attached hydrogens (tertiary/aromatic N) is 4. The number of nitro groups is 1. The molecule has 5 N–H and O–H groups in total.